The normalized spacial score (nSPS) is 11.6. The van der Waals surface area contributed by atoms with E-state index in [1.165, 1.54) is 12.1 Å². The third kappa shape index (κ3) is 7.80. The second-order valence-corrected chi connectivity index (χ2v) is 8.99. The average molecular weight is 464 g/mol. The van der Waals surface area contributed by atoms with E-state index in [0.717, 1.165) is 0 Å². The number of rotatable bonds is 4. The van der Waals surface area contributed by atoms with Gasteiger partial charge in [-0.05, 0) is 35.1 Å². The van der Waals surface area contributed by atoms with E-state index in [0.29, 0.717) is 11.1 Å². The van der Waals surface area contributed by atoms with E-state index in [4.69, 9.17) is 0 Å². The van der Waals surface area contributed by atoms with E-state index >= 15 is 0 Å². The summed E-state index contributed by atoms with van der Waals surface area (Å²) in [6.07, 6.45) is 0. The molecule has 0 aliphatic heterocycles. The molecule has 0 fully saturated rings. The molecule has 6 nitrogen and oxygen atoms in total. The molecule has 0 aliphatic rings. The Morgan fingerprint density at radius 2 is 0.889 bits per heavy atom. The van der Waals surface area contributed by atoms with Crippen LogP contribution in [0.25, 0.3) is 0 Å². The van der Waals surface area contributed by atoms with Gasteiger partial charge in [-0.3, -0.25) is 0 Å². The van der Waals surface area contributed by atoms with Gasteiger partial charge in [0.15, 0.2) is 0 Å². The molecule has 0 saturated carbocycles. The van der Waals surface area contributed by atoms with Crippen molar-refractivity contribution >= 4 is 20.2 Å². The van der Waals surface area contributed by atoms with E-state index in [9.17, 15) is 25.9 Å². The van der Waals surface area contributed by atoms with Gasteiger partial charge in [-0.15, -0.1) is 0 Å². The van der Waals surface area contributed by atoms with Crippen LogP contribution in [0, 0.1) is 0 Å². The standard InChI is InChI=1S/2C9H12O3S.Zn/c2*1-7(2)8-5-3-4-6-9(8)13(10,11)12;/h2*3-7H,1-2H3,(H,10,11,12);/q;;+2/p-2. The molecule has 0 N–H and O–H groups in total. The maximum absolute atomic E-state index is 10.8. The van der Waals surface area contributed by atoms with E-state index in [1.807, 2.05) is 27.7 Å². The number of benzene rings is 2. The maximum Gasteiger partial charge on any atom is 2.00 e. The molecular formula is C18H22O6S2Zn. The third-order valence-corrected chi connectivity index (χ3v) is 5.44. The molecule has 2 aromatic rings. The minimum atomic E-state index is -4.33. The van der Waals surface area contributed by atoms with Crippen molar-refractivity contribution in [3.8, 4) is 0 Å². The van der Waals surface area contributed by atoms with Crippen LogP contribution >= 0.6 is 0 Å². The summed E-state index contributed by atoms with van der Waals surface area (Å²) in [6, 6.07) is 12.6. The monoisotopic (exact) mass is 462 g/mol. The van der Waals surface area contributed by atoms with Crippen molar-refractivity contribution in [1.82, 2.24) is 0 Å². The first-order valence-corrected chi connectivity index (χ1v) is 10.8. The zero-order valence-corrected chi connectivity index (χ0v) is 20.3. The number of hydrogen-bond acceptors (Lipinski definition) is 6. The second kappa shape index (κ2) is 10.4. The van der Waals surface area contributed by atoms with Gasteiger partial charge in [-0.25, -0.2) is 16.8 Å². The molecule has 0 unspecified atom stereocenters. The first-order valence-electron chi connectivity index (χ1n) is 7.95. The van der Waals surface area contributed by atoms with E-state index < -0.39 is 20.2 Å². The van der Waals surface area contributed by atoms with Gasteiger partial charge in [0.1, 0.15) is 20.2 Å². The molecule has 0 aliphatic carbocycles. The van der Waals surface area contributed by atoms with Crippen molar-refractivity contribution in [2.75, 3.05) is 0 Å². The van der Waals surface area contributed by atoms with Gasteiger partial charge >= 0.3 is 19.5 Å². The Labute approximate surface area is 174 Å². The van der Waals surface area contributed by atoms with Crippen LogP contribution in [-0.2, 0) is 39.7 Å². The van der Waals surface area contributed by atoms with E-state index in [2.05, 4.69) is 0 Å². The summed E-state index contributed by atoms with van der Waals surface area (Å²) < 4.78 is 64.8. The minimum Gasteiger partial charge on any atom is -0.744 e. The molecule has 0 amide bonds. The Hall–Kier alpha value is -1.12. The van der Waals surface area contributed by atoms with Crippen molar-refractivity contribution in [1.29, 1.82) is 0 Å². The van der Waals surface area contributed by atoms with Crippen LogP contribution in [0.5, 0.6) is 0 Å². The average Bonchev–Trinajstić information content (AvgIpc) is 2.54. The molecule has 0 bridgehead atoms. The van der Waals surface area contributed by atoms with Gasteiger partial charge in [-0.2, -0.15) is 0 Å². The van der Waals surface area contributed by atoms with Crippen molar-refractivity contribution in [2.45, 2.75) is 49.3 Å². The van der Waals surface area contributed by atoms with Crippen molar-refractivity contribution < 1.29 is 45.4 Å². The van der Waals surface area contributed by atoms with Crippen LogP contribution < -0.4 is 0 Å². The quantitative estimate of drug-likeness (QED) is 0.507. The minimum absolute atomic E-state index is 0. The molecule has 0 atom stereocenters. The zero-order valence-electron chi connectivity index (χ0n) is 15.7. The SMILES string of the molecule is CC(C)c1ccccc1S(=O)(=O)[O-].CC(C)c1ccccc1S(=O)(=O)[O-].[Zn+2]. The van der Waals surface area contributed by atoms with Gasteiger partial charge in [0, 0.05) is 0 Å². The molecule has 0 radical (unpaired) electrons. The van der Waals surface area contributed by atoms with E-state index in [-0.39, 0.29) is 41.1 Å². The molecule has 144 valence electrons. The Morgan fingerprint density at radius 1 is 0.630 bits per heavy atom. The molecule has 9 heteroatoms. The van der Waals surface area contributed by atoms with Gasteiger partial charge in [0.2, 0.25) is 0 Å². The van der Waals surface area contributed by atoms with Crippen LogP contribution in [0.1, 0.15) is 50.7 Å². The first-order chi connectivity index (χ1) is 11.9. The molecule has 0 aromatic heterocycles. The Bertz CT molecular complexity index is 872. The molecular weight excluding hydrogens is 442 g/mol. The van der Waals surface area contributed by atoms with Crippen molar-refractivity contribution in [3.05, 3.63) is 59.7 Å². The fourth-order valence-electron chi connectivity index (χ4n) is 2.37. The Morgan fingerprint density at radius 3 is 1.07 bits per heavy atom. The third-order valence-electron chi connectivity index (χ3n) is 3.62. The first kappa shape index (κ1) is 25.9. The summed E-state index contributed by atoms with van der Waals surface area (Å²) in [4.78, 5) is -0.213. The molecule has 0 saturated heterocycles. The van der Waals surface area contributed by atoms with Gasteiger partial charge in [0.05, 0.1) is 9.79 Å². The summed E-state index contributed by atoms with van der Waals surface area (Å²) >= 11 is 0. The summed E-state index contributed by atoms with van der Waals surface area (Å²) in [5, 5.41) is 0. The molecule has 0 spiro atoms. The van der Waals surface area contributed by atoms with Gasteiger partial charge in [-0.1, -0.05) is 64.1 Å². The second-order valence-electron chi connectivity index (χ2n) is 6.29. The topological polar surface area (TPSA) is 114 Å². The van der Waals surface area contributed by atoms with Gasteiger partial charge < -0.3 is 9.11 Å². The van der Waals surface area contributed by atoms with Crippen molar-refractivity contribution in [3.63, 3.8) is 0 Å². The van der Waals surface area contributed by atoms with E-state index in [1.54, 1.807) is 36.4 Å². The fourth-order valence-corrected chi connectivity index (χ4v) is 4.05. The molecule has 2 rings (SSSR count). The zero-order chi connectivity index (χ0) is 20.1. The summed E-state index contributed by atoms with van der Waals surface area (Å²) in [5.41, 5.74) is 1.16. The van der Waals surface area contributed by atoms with Crippen LogP contribution in [0.15, 0.2) is 58.3 Å². The summed E-state index contributed by atoms with van der Waals surface area (Å²) in [6.45, 7) is 7.40. The van der Waals surface area contributed by atoms with Crippen LogP contribution in [0.4, 0.5) is 0 Å². The predicted molar refractivity (Wildman–Crippen MR) is 97.0 cm³/mol. The smallest absolute Gasteiger partial charge is 0.744 e. The summed E-state index contributed by atoms with van der Waals surface area (Å²) in [7, 11) is -8.66. The Kier molecular flexibility index (Phi) is 10.0. The molecule has 27 heavy (non-hydrogen) atoms. The Balaban J connectivity index is 0.000000483. The fraction of sp³-hybridized carbons (Fsp3) is 0.333. The van der Waals surface area contributed by atoms with Crippen molar-refractivity contribution in [2.24, 2.45) is 0 Å². The van der Waals surface area contributed by atoms with Gasteiger partial charge in [0.25, 0.3) is 0 Å². The van der Waals surface area contributed by atoms with Crippen LogP contribution in [-0.4, -0.2) is 25.9 Å². The number of hydrogen-bond donors (Lipinski definition) is 0. The predicted octanol–water partition coefficient (Wildman–Crippen LogP) is 3.43. The summed E-state index contributed by atoms with van der Waals surface area (Å²) in [5.74, 6) is 0.0832. The maximum atomic E-state index is 10.8. The molecule has 2 aromatic carbocycles. The molecule has 0 heterocycles. The largest absolute Gasteiger partial charge is 2.00 e. The van der Waals surface area contributed by atoms with Crippen LogP contribution in [0.2, 0.25) is 0 Å². The van der Waals surface area contributed by atoms with Crippen LogP contribution in [0.3, 0.4) is 0 Å².